The second-order valence-electron chi connectivity index (χ2n) is 6.49. The number of benzene rings is 1. The number of likely N-dealkylation sites (tertiary alicyclic amines) is 1. The Morgan fingerprint density at radius 3 is 2.48 bits per heavy atom. The first-order valence-corrected chi connectivity index (χ1v) is 10.4. The Bertz CT molecular complexity index is 848. The van der Waals surface area contributed by atoms with E-state index in [1.54, 1.807) is 12.1 Å². The molecular weight excluding hydrogens is 363 g/mol. The van der Waals surface area contributed by atoms with Gasteiger partial charge in [0.05, 0.1) is 15.6 Å². The number of sulfone groups is 1. The lowest BCUT2D eigenvalue weighted by Gasteiger charge is -2.32. The zero-order chi connectivity index (χ0) is 18.0. The monoisotopic (exact) mass is 382 g/mol. The van der Waals surface area contributed by atoms with Crippen LogP contribution in [0.3, 0.4) is 0 Å². The van der Waals surface area contributed by atoms with Crippen LogP contribution >= 0.6 is 11.6 Å². The van der Waals surface area contributed by atoms with Gasteiger partial charge in [0.25, 0.3) is 0 Å². The summed E-state index contributed by atoms with van der Waals surface area (Å²) in [7, 11) is -3.37. The van der Waals surface area contributed by atoms with Crippen molar-refractivity contribution in [2.24, 2.45) is 0 Å². The van der Waals surface area contributed by atoms with E-state index in [0.717, 1.165) is 38.0 Å². The normalized spacial score (nSPS) is 16.9. The average Bonchev–Trinajstić information content (AvgIpc) is 2.57. The Labute approximate surface area is 152 Å². The molecule has 0 saturated carbocycles. The molecule has 0 aliphatic carbocycles. The predicted octanol–water partition coefficient (Wildman–Crippen LogP) is 3.66. The summed E-state index contributed by atoms with van der Waals surface area (Å²) >= 11 is 5.92. The maximum Gasteiger partial charge on any atom is 0.177 e. The van der Waals surface area contributed by atoms with Crippen LogP contribution in [-0.2, 0) is 16.4 Å². The first-order chi connectivity index (χ1) is 11.8. The van der Waals surface area contributed by atoms with Crippen molar-refractivity contribution >= 4 is 21.4 Å². The molecular formula is C18H20ClFN2O2S. The van der Waals surface area contributed by atoms with E-state index in [4.69, 9.17) is 11.6 Å². The molecule has 2 heterocycles. The first kappa shape index (κ1) is 18.3. The molecule has 0 N–H and O–H groups in total. The van der Waals surface area contributed by atoms with Crippen molar-refractivity contribution < 1.29 is 12.8 Å². The number of hydrogen-bond acceptors (Lipinski definition) is 4. The lowest BCUT2D eigenvalue weighted by molar-refractivity contribution is 0.202. The van der Waals surface area contributed by atoms with Gasteiger partial charge in [-0.15, -0.1) is 0 Å². The third kappa shape index (κ3) is 4.57. The molecule has 3 rings (SSSR count). The van der Waals surface area contributed by atoms with Gasteiger partial charge in [-0.1, -0.05) is 23.7 Å². The van der Waals surface area contributed by atoms with E-state index in [-0.39, 0.29) is 16.6 Å². The summed E-state index contributed by atoms with van der Waals surface area (Å²) in [5.41, 5.74) is 1.69. The zero-order valence-electron chi connectivity index (χ0n) is 14.0. The van der Waals surface area contributed by atoms with E-state index >= 15 is 0 Å². The summed E-state index contributed by atoms with van der Waals surface area (Å²) in [5, 5.41) is 0.331. The molecule has 1 aromatic heterocycles. The largest absolute Gasteiger partial charge is 0.299 e. The highest BCUT2D eigenvalue weighted by atomic mass is 35.5. The Morgan fingerprint density at radius 1 is 1.24 bits per heavy atom. The maximum atomic E-state index is 13.0. The third-order valence-corrected chi connectivity index (χ3v) is 5.87. The number of aromatic nitrogens is 1. The van der Waals surface area contributed by atoms with E-state index in [9.17, 15) is 12.8 Å². The van der Waals surface area contributed by atoms with Crippen molar-refractivity contribution in [2.45, 2.75) is 30.2 Å². The summed E-state index contributed by atoms with van der Waals surface area (Å²) in [4.78, 5) is 6.84. The van der Waals surface area contributed by atoms with Gasteiger partial charge in [-0.05, 0) is 49.7 Å². The van der Waals surface area contributed by atoms with Gasteiger partial charge in [-0.25, -0.2) is 12.8 Å². The maximum absolute atomic E-state index is 13.0. The number of piperidine rings is 1. The fourth-order valence-electron chi connectivity index (χ4n) is 3.25. The fourth-order valence-corrected chi connectivity index (χ4v) is 4.41. The third-order valence-electron chi connectivity index (χ3n) is 4.54. The van der Waals surface area contributed by atoms with E-state index in [0.29, 0.717) is 10.7 Å². The Balaban J connectivity index is 1.69. The molecule has 1 aliphatic heterocycles. The molecule has 4 nitrogen and oxygen atoms in total. The van der Waals surface area contributed by atoms with Gasteiger partial charge in [0.1, 0.15) is 5.82 Å². The predicted molar refractivity (Wildman–Crippen MR) is 96.0 cm³/mol. The molecule has 0 atom stereocenters. The minimum Gasteiger partial charge on any atom is -0.299 e. The van der Waals surface area contributed by atoms with Gasteiger partial charge in [0, 0.05) is 24.9 Å². The lowest BCUT2D eigenvalue weighted by Crippen LogP contribution is -2.33. The summed E-state index contributed by atoms with van der Waals surface area (Å²) < 4.78 is 37.1. The van der Waals surface area contributed by atoms with Crippen molar-refractivity contribution in [3.63, 3.8) is 0 Å². The van der Waals surface area contributed by atoms with Crippen molar-refractivity contribution in [1.82, 2.24) is 9.88 Å². The highest BCUT2D eigenvalue weighted by Gasteiger charge is 2.26. The molecule has 0 spiro atoms. The molecule has 1 saturated heterocycles. The second-order valence-corrected chi connectivity index (χ2v) is 8.91. The minimum atomic E-state index is -3.37. The smallest absolute Gasteiger partial charge is 0.177 e. The van der Waals surface area contributed by atoms with Crippen LogP contribution in [0.5, 0.6) is 0 Å². The van der Waals surface area contributed by atoms with Gasteiger partial charge >= 0.3 is 0 Å². The summed E-state index contributed by atoms with van der Waals surface area (Å²) in [6.07, 6.45) is 4.36. The van der Waals surface area contributed by atoms with Crippen LogP contribution in [0.15, 0.2) is 41.4 Å². The number of pyridine rings is 1. The summed E-state index contributed by atoms with van der Waals surface area (Å²) in [6.45, 7) is 2.45. The fraction of sp³-hybridized carbons (Fsp3) is 0.389. The van der Waals surface area contributed by atoms with Crippen molar-refractivity contribution in [3.8, 4) is 0 Å². The van der Waals surface area contributed by atoms with Crippen molar-refractivity contribution in [1.29, 1.82) is 0 Å². The number of halogens is 2. The molecule has 1 aromatic carbocycles. The minimum absolute atomic E-state index is 0.103. The summed E-state index contributed by atoms with van der Waals surface area (Å²) in [5.74, 6) is -0.129. The molecule has 1 aliphatic rings. The van der Waals surface area contributed by atoms with Crippen LogP contribution in [-0.4, -0.2) is 37.6 Å². The highest BCUT2D eigenvalue weighted by Crippen LogP contribution is 2.32. The topological polar surface area (TPSA) is 50.3 Å². The van der Waals surface area contributed by atoms with Crippen LogP contribution in [0.2, 0.25) is 5.02 Å². The van der Waals surface area contributed by atoms with E-state index in [1.165, 1.54) is 30.7 Å². The molecule has 0 unspecified atom stereocenters. The number of hydrogen-bond donors (Lipinski definition) is 0. The van der Waals surface area contributed by atoms with Crippen LogP contribution in [0.1, 0.15) is 30.0 Å². The first-order valence-electron chi connectivity index (χ1n) is 8.15. The number of nitrogens with zero attached hydrogens (tertiary/aromatic N) is 2. The molecule has 0 radical (unpaired) electrons. The molecule has 25 heavy (non-hydrogen) atoms. The summed E-state index contributed by atoms with van der Waals surface area (Å²) in [6, 6.07) is 8.02. The standard InChI is InChI=1S/C18H20ClFN2O2S/c1-25(23,24)17-10-15(19)11-21-18(17)14-6-8-22(9-7-14)12-13-2-4-16(20)5-3-13/h2-5,10-11,14H,6-9,12H2,1H3. The van der Waals surface area contributed by atoms with Gasteiger partial charge in [0.15, 0.2) is 9.84 Å². The van der Waals surface area contributed by atoms with Crippen molar-refractivity contribution in [2.75, 3.05) is 19.3 Å². The van der Waals surface area contributed by atoms with Crippen molar-refractivity contribution in [3.05, 3.63) is 58.6 Å². The Hall–Kier alpha value is -1.50. The highest BCUT2D eigenvalue weighted by molar-refractivity contribution is 7.90. The molecule has 134 valence electrons. The zero-order valence-corrected chi connectivity index (χ0v) is 15.5. The molecule has 7 heteroatoms. The Morgan fingerprint density at radius 2 is 1.88 bits per heavy atom. The van der Waals surface area contributed by atoms with Crippen LogP contribution in [0, 0.1) is 5.82 Å². The van der Waals surface area contributed by atoms with Gasteiger partial charge < -0.3 is 0 Å². The van der Waals surface area contributed by atoms with Gasteiger partial charge in [-0.3, -0.25) is 9.88 Å². The lowest BCUT2D eigenvalue weighted by atomic mass is 9.92. The molecule has 2 aromatic rings. The van der Waals surface area contributed by atoms with E-state index in [2.05, 4.69) is 9.88 Å². The quantitative estimate of drug-likeness (QED) is 0.809. The van der Waals surface area contributed by atoms with Crippen LogP contribution in [0.4, 0.5) is 4.39 Å². The van der Waals surface area contributed by atoms with E-state index in [1.807, 2.05) is 0 Å². The van der Waals surface area contributed by atoms with Gasteiger partial charge in [0.2, 0.25) is 0 Å². The molecule has 0 amide bonds. The van der Waals surface area contributed by atoms with Crippen LogP contribution in [0.25, 0.3) is 0 Å². The molecule has 0 bridgehead atoms. The Kier molecular flexibility index (Phi) is 5.41. The SMILES string of the molecule is CS(=O)(=O)c1cc(Cl)cnc1C1CCN(Cc2ccc(F)cc2)CC1. The average molecular weight is 383 g/mol. The van der Waals surface area contributed by atoms with Gasteiger partial charge in [-0.2, -0.15) is 0 Å². The van der Waals surface area contributed by atoms with E-state index < -0.39 is 9.84 Å². The number of rotatable bonds is 4. The second kappa shape index (κ2) is 7.40. The van der Waals surface area contributed by atoms with Crippen LogP contribution < -0.4 is 0 Å². The molecule has 1 fully saturated rings.